The second kappa shape index (κ2) is 3.77. The third-order valence-corrected chi connectivity index (χ3v) is 3.15. The first-order valence-electron chi connectivity index (χ1n) is 5.68. The molecule has 0 bridgehead atoms. The molecule has 0 saturated carbocycles. The van der Waals surface area contributed by atoms with E-state index in [0.717, 1.165) is 42.3 Å². The Labute approximate surface area is 99.0 Å². The lowest BCUT2D eigenvalue weighted by Crippen LogP contribution is -2.13. The molecule has 0 fully saturated rings. The molecule has 3 rings (SSSR count). The van der Waals surface area contributed by atoms with Crippen LogP contribution in [0, 0.1) is 0 Å². The molecule has 0 unspecified atom stereocenters. The Morgan fingerprint density at radius 1 is 1.29 bits per heavy atom. The zero-order valence-electron chi connectivity index (χ0n) is 9.27. The van der Waals surface area contributed by atoms with Gasteiger partial charge in [0.05, 0.1) is 0 Å². The van der Waals surface area contributed by atoms with E-state index in [1.165, 1.54) is 0 Å². The van der Waals surface area contributed by atoms with Crippen molar-refractivity contribution in [3.8, 4) is 11.5 Å². The summed E-state index contributed by atoms with van der Waals surface area (Å²) in [6, 6.07) is 4.98. The van der Waals surface area contributed by atoms with E-state index in [2.05, 4.69) is 0 Å². The van der Waals surface area contributed by atoms with Gasteiger partial charge in [0.25, 0.3) is 0 Å². The molecule has 1 aromatic carbocycles. The molecular weight excluding hydrogens is 216 g/mol. The highest BCUT2D eigenvalue weighted by molar-refractivity contribution is 5.79. The van der Waals surface area contributed by atoms with Crippen LogP contribution < -0.4 is 4.74 Å². The molecule has 1 N–H and O–H groups in total. The molecule has 1 aliphatic heterocycles. The number of rotatable bonds is 1. The van der Waals surface area contributed by atoms with E-state index in [1.807, 2.05) is 6.08 Å². The van der Waals surface area contributed by atoms with Crippen molar-refractivity contribution in [1.29, 1.82) is 0 Å². The fraction of sp³-hybridized carbons (Fsp3) is 0.214. The summed E-state index contributed by atoms with van der Waals surface area (Å²) in [5.41, 5.74) is 2.66. The van der Waals surface area contributed by atoms with Crippen molar-refractivity contribution in [3.63, 3.8) is 0 Å². The molecule has 3 heteroatoms. The maximum atomic E-state index is 11.0. The van der Waals surface area contributed by atoms with Crippen LogP contribution >= 0.6 is 0 Å². The summed E-state index contributed by atoms with van der Waals surface area (Å²) in [6.45, 7) is 0. The molecule has 0 atom stereocenters. The molecule has 0 aromatic heterocycles. The minimum Gasteiger partial charge on any atom is -0.508 e. The highest BCUT2D eigenvalue weighted by Crippen LogP contribution is 2.39. The molecule has 1 aliphatic carbocycles. The average molecular weight is 228 g/mol. The summed E-state index contributed by atoms with van der Waals surface area (Å²) in [4.78, 5) is 11.0. The predicted octanol–water partition coefficient (Wildman–Crippen LogP) is 2.80. The third-order valence-electron chi connectivity index (χ3n) is 3.15. The molecule has 1 aromatic rings. The van der Waals surface area contributed by atoms with Gasteiger partial charge >= 0.3 is 0 Å². The van der Waals surface area contributed by atoms with E-state index in [-0.39, 0.29) is 5.75 Å². The monoisotopic (exact) mass is 228 g/mol. The fourth-order valence-corrected chi connectivity index (χ4v) is 2.32. The van der Waals surface area contributed by atoms with Crippen molar-refractivity contribution in [1.82, 2.24) is 0 Å². The molecule has 0 radical (unpaired) electrons. The largest absolute Gasteiger partial charge is 0.508 e. The summed E-state index contributed by atoms with van der Waals surface area (Å²) >= 11 is 0. The standard InChI is InChI=1S/C14H12O3/c15-8-10-3-1-2-9-6-11-7-12(16)4-5-13(11)17-14(9)10/h4-8,16H,1-3H2. The number of aromatic hydroxyl groups is 1. The van der Waals surface area contributed by atoms with Gasteiger partial charge in [0, 0.05) is 11.1 Å². The van der Waals surface area contributed by atoms with Crippen molar-refractivity contribution < 1.29 is 14.6 Å². The maximum absolute atomic E-state index is 11.0. The van der Waals surface area contributed by atoms with Gasteiger partial charge in [-0.2, -0.15) is 0 Å². The minimum atomic E-state index is 0.225. The van der Waals surface area contributed by atoms with Crippen molar-refractivity contribution in [3.05, 3.63) is 40.7 Å². The van der Waals surface area contributed by atoms with E-state index < -0.39 is 0 Å². The van der Waals surface area contributed by atoms with Crippen LogP contribution in [0.2, 0.25) is 0 Å². The summed E-state index contributed by atoms with van der Waals surface area (Å²) < 4.78 is 5.76. The highest BCUT2D eigenvalue weighted by atomic mass is 16.5. The van der Waals surface area contributed by atoms with Crippen LogP contribution in [0.25, 0.3) is 6.08 Å². The molecule has 0 saturated heterocycles. The molecule has 0 spiro atoms. The number of fused-ring (bicyclic) bond motifs is 2. The van der Waals surface area contributed by atoms with Crippen LogP contribution in [-0.2, 0) is 4.79 Å². The van der Waals surface area contributed by atoms with E-state index in [9.17, 15) is 9.90 Å². The predicted molar refractivity (Wildman–Crippen MR) is 63.7 cm³/mol. The Hall–Kier alpha value is -2.03. The van der Waals surface area contributed by atoms with Gasteiger partial charge in [-0.3, -0.25) is 4.79 Å². The van der Waals surface area contributed by atoms with Gasteiger partial charge < -0.3 is 9.84 Å². The normalized spacial score (nSPS) is 17.8. The van der Waals surface area contributed by atoms with Gasteiger partial charge in [-0.05, 0) is 49.1 Å². The molecule has 86 valence electrons. The van der Waals surface area contributed by atoms with Gasteiger partial charge in [-0.15, -0.1) is 0 Å². The first-order chi connectivity index (χ1) is 8.28. The zero-order valence-corrected chi connectivity index (χ0v) is 9.27. The Morgan fingerprint density at radius 2 is 2.18 bits per heavy atom. The molecule has 3 nitrogen and oxygen atoms in total. The number of phenolic OH excluding ortho intramolecular Hbond substituents is 1. The Kier molecular flexibility index (Phi) is 2.25. The molecule has 2 aliphatic rings. The van der Waals surface area contributed by atoms with Gasteiger partial charge in [0.15, 0.2) is 0 Å². The average Bonchev–Trinajstić information content (AvgIpc) is 2.35. The lowest BCUT2D eigenvalue weighted by Gasteiger charge is -2.25. The van der Waals surface area contributed by atoms with Crippen LogP contribution in [-0.4, -0.2) is 11.4 Å². The molecule has 1 heterocycles. The number of allylic oxidation sites excluding steroid dienone is 2. The highest BCUT2D eigenvalue weighted by Gasteiger charge is 2.24. The smallest absolute Gasteiger partial charge is 0.149 e. The number of carbonyl (C=O) groups is 1. The van der Waals surface area contributed by atoms with E-state index >= 15 is 0 Å². The lowest BCUT2D eigenvalue weighted by atomic mass is 9.91. The molecule has 0 amide bonds. The van der Waals surface area contributed by atoms with Crippen LogP contribution in [0.3, 0.4) is 0 Å². The number of hydrogen-bond acceptors (Lipinski definition) is 3. The number of benzene rings is 1. The summed E-state index contributed by atoms with van der Waals surface area (Å²) in [5, 5.41) is 9.43. The molecule has 17 heavy (non-hydrogen) atoms. The number of carbonyl (C=O) groups excluding carboxylic acids is 1. The van der Waals surface area contributed by atoms with Crippen molar-refractivity contribution in [2.24, 2.45) is 0 Å². The zero-order chi connectivity index (χ0) is 11.8. The second-order valence-corrected chi connectivity index (χ2v) is 4.32. The second-order valence-electron chi connectivity index (χ2n) is 4.32. The SMILES string of the molecule is O=CC1=C2Oc3ccc(O)cc3C=C2CCC1. The quantitative estimate of drug-likeness (QED) is 0.752. The first kappa shape index (κ1) is 10.1. The lowest BCUT2D eigenvalue weighted by molar-refractivity contribution is -0.105. The fourth-order valence-electron chi connectivity index (χ4n) is 2.32. The summed E-state index contributed by atoms with van der Waals surface area (Å²) in [7, 11) is 0. The van der Waals surface area contributed by atoms with Gasteiger partial charge in [-0.25, -0.2) is 0 Å². The third kappa shape index (κ3) is 1.64. The number of ether oxygens (including phenoxy) is 1. The Balaban J connectivity index is 2.15. The minimum absolute atomic E-state index is 0.225. The Morgan fingerprint density at radius 3 is 3.00 bits per heavy atom. The first-order valence-corrected chi connectivity index (χ1v) is 5.68. The number of hydrogen-bond donors (Lipinski definition) is 1. The Bertz CT molecular complexity index is 553. The van der Waals surface area contributed by atoms with E-state index in [4.69, 9.17) is 4.74 Å². The topological polar surface area (TPSA) is 46.5 Å². The maximum Gasteiger partial charge on any atom is 0.149 e. The van der Waals surface area contributed by atoms with Crippen LogP contribution in [0.5, 0.6) is 11.5 Å². The molecular formula is C14H12O3. The van der Waals surface area contributed by atoms with Crippen LogP contribution in [0.4, 0.5) is 0 Å². The van der Waals surface area contributed by atoms with Gasteiger partial charge in [-0.1, -0.05) is 0 Å². The van der Waals surface area contributed by atoms with E-state index in [1.54, 1.807) is 18.2 Å². The van der Waals surface area contributed by atoms with Crippen LogP contribution in [0.1, 0.15) is 24.8 Å². The van der Waals surface area contributed by atoms with Gasteiger partial charge in [0.1, 0.15) is 23.5 Å². The van der Waals surface area contributed by atoms with Crippen molar-refractivity contribution in [2.45, 2.75) is 19.3 Å². The summed E-state index contributed by atoms with van der Waals surface area (Å²) in [5.74, 6) is 1.63. The van der Waals surface area contributed by atoms with E-state index in [0.29, 0.717) is 11.5 Å². The van der Waals surface area contributed by atoms with Gasteiger partial charge in [0.2, 0.25) is 0 Å². The number of phenols is 1. The van der Waals surface area contributed by atoms with Crippen molar-refractivity contribution in [2.75, 3.05) is 0 Å². The summed E-state index contributed by atoms with van der Waals surface area (Å²) in [6.07, 6.45) is 5.55. The van der Waals surface area contributed by atoms with Crippen LogP contribution in [0.15, 0.2) is 35.1 Å². The van der Waals surface area contributed by atoms with Crippen molar-refractivity contribution >= 4 is 12.4 Å². The number of aldehydes is 1.